The van der Waals surface area contributed by atoms with E-state index in [0.717, 1.165) is 26.1 Å². The van der Waals surface area contributed by atoms with Crippen molar-refractivity contribution >= 4 is 11.6 Å². The molecule has 2 heterocycles. The van der Waals surface area contributed by atoms with Crippen molar-refractivity contribution < 1.29 is 9.53 Å². The van der Waals surface area contributed by atoms with Gasteiger partial charge in [0, 0.05) is 25.0 Å². The first kappa shape index (κ1) is 14.3. The molecule has 6 heteroatoms. The first-order valence-electron chi connectivity index (χ1n) is 7.19. The van der Waals surface area contributed by atoms with Crippen LogP contribution in [0.15, 0.2) is 36.7 Å². The van der Waals surface area contributed by atoms with Gasteiger partial charge in [0.05, 0.1) is 29.6 Å². The summed E-state index contributed by atoms with van der Waals surface area (Å²) in [4.78, 5) is 12.2. The Hall–Kier alpha value is -2.65. The van der Waals surface area contributed by atoms with Crippen LogP contribution in [-0.2, 0) is 4.74 Å². The maximum absolute atomic E-state index is 12.2. The highest BCUT2D eigenvalue weighted by Crippen LogP contribution is 2.21. The van der Waals surface area contributed by atoms with Crippen molar-refractivity contribution in [3.63, 3.8) is 0 Å². The quantitative estimate of drug-likeness (QED) is 0.943. The normalized spacial score (nSPS) is 15.2. The second-order valence-electron chi connectivity index (χ2n) is 5.20. The molecule has 0 saturated carbocycles. The van der Waals surface area contributed by atoms with Crippen LogP contribution in [0.2, 0.25) is 0 Å². The highest BCUT2D eigenvalue weighted by molar-refractivity contribution is 6.04. The van der Waals surface area contributed by atoms with Crippen LogP contribution in [0.5, 0.6) is 0 Å². The van der Waals surface area contributed by atoms with Gasteiger partial charge in [-0.25, -0.2) is 0 Å². The molecule has 1 N–H and O–H groups in total. The molecule has 3 rings (SSSR count). The predicted molar refractivity (Wildman–Crippen MR) is 80.4 cm³/mol. The van der Waals surface area contributed by atoms with Crippen molar-refractivity contribution in [2.45, 2.75) is 18.9 Å². The Morgan fingerprint density at radius 3 is 3.00 bits per heavy atom. The number of hydrogen-bond acceptors (Lipinski definition) is 4. The smallest absolute Gasteiger partial charge is 0.255 e. The molecular formula is C16H16N4O2. The van der Waals surface area contributed by atoms with Gasteiger partial charge in [-0.2, -0.15) is 10.4 Å². The maximum atomic E-state index is 12.2. The molecule has 112 valence electrons. The zero-order valence-corrected chi connectivity index (χ0v) is 12.0. The van der Waals surface area contributed by atoms with Gasteiger partial charge in [-0.1, -0.05) is 6.07 Å². The summed E-state index contributed by atoms with van der Waals surface area (Å²) in [5.41, 5.74) is 1.57. The molecule has 1 aliphatic heterocycles. The fraction of sp³-hybridized carbons (Fsp3) is 0.312. The van der Waals surface area contributed by atoms with Gasteiger partial charge in [0.15, 0.2) is 0 Å². The van der Waals surface area contributed by atoms with Crippen LogP contribution in [0, 0.1) is 11.3 Å². The van der Waals surface area contributed by atoms with Crippen LogP contribution in [-0.4, -0.2) is 28.9 Å². The second-order valence-corrected chi connectivity index (χ2v) is 5.20. The molecule has 0 spiro atoms. The molecule has 1 amide bonds. The summed E-state index contributed by atoms with van der Waals surface area (Å²) in [6, 6.07) is 8.95. The first-order chi connectivity index (χ1) is 10.8. The van der Waals surface area contributed by atoms with Crippen LogP contribution in [0.3, 0.4) is 0 Å². The summed E-state index contributed by atoms with van der Waals surface area (Å²) in [6.07, 6.45) is 5.34. The number of amides is 1. The minimum atomic E-state index is -0.247. The minimum Gasteiger partial charge on any atom is -0.381 e. The largest absolute Gasteiger partial charge is 0.381 e. The molecule has 1 fully saturated rings. The van der Waals surface area contributed by atoms with Gasteiger partial charge in [-0.15, -0.1) is 0 Å². The van der Waals surface area contributed by atoms with Gasteiger partial charge < -0.3 is 10.1 Å². The molecule has 0 bridgehead atoms. The standard InChI is InChI=1S/C16H16N4O2/c17-9-12-2-1-3-13(8-12)16(21)19-14-10-18-20(11-14)15-4-6-22-7-5-15/h1-3,8,10-11,15H,4-7H2,(H,19,21). The Bertz CT molecular complexity index is 711. The minimum absolute atomic E-state index is 0.247. The fourth-order valence-corrected chi connectivity index (χ4v) is 2.49. The fourth-order valence-electron chi connectivity index (χ4n) is 2.49. The summed E-state index contributed by atoms with van der Waals surface area (Å²) in [5.74, 6) is -0.247. The third-order valence-corrected chi connectivity index (χ3v) is 3.68. The van der Waals surface area contributed by atoms with Gasteiger partial charge in [0.2, 0.25) is 0 Å². The SMILES string of the molecule is N#Cc1cccc(C(=O)Nc2cnn(C3CCOCC3)c2)c1. The molecule has 6 nitrogen and oxygen atoms in total. The van der Waals surface area contributed by atoms with Crippen LogP contribution in [0.4, 0.5) is 5.69 Å². The van der Waals surface area contributed by atoms with Crippen LogP contribution < -0.4 is 5.32 Å². The topological polar surface area (TPSA) is 79.9 Å². The molecule has 1 aromatic heterocycles. The van der Waals surface area contributed by atoms with Crippen molar-refractivity contribution in [2.24, 2.45) is 0 Å². The lowest BCUT2D eigenvalue weighted by Crippen LogP contribution is -2.19. The summed E-state index contributed by atoms with van der Waals surface area (Å²) in [7, 11) is 0. The Morgan fingerprint density at radius 2 is 2.23 bits per heavy atom. The van der Waals surface area contributed by atoms with Crippen molar-refractivity contribution in [2.75, 3.05) is 18.5 Å². The lowest BCUT2D eigenvalue weighted by molar-refractivity contribution is 0.0662. The number of carbonyl (C=O) groups is 1. The molecule has 2 aromatic rings. The van der Waals surface area contributed by atoms with Gasteiger partial charge >= 0.3 is 0 Å². The van der Waals surface area contributed by atoms with Crippen molar-refractivity contribution in [3.05, 3.63) is 47.8 Å². The van der Waals surface area contributed by atoms with E-state index in [-0.39, 0.29) is 5.91 Å². The lowest BCUT2D eigenvalue weighted by Gasteiger charge is -2.22. The van der Waals surface area contributed by atoms with E-state index in [9.17, 15) is 4.79 Å². The number of hydrogen-bond donors (Lipinski definition) is 1. The molecule has 0 aliphatic carbocycles. The molecule has 0 unspecified atom stereocenters. The number of anilines is 1. The molecule has 0 atom stereocenters. The Balaban J connectivity index is 1.69. The zero-order chi connectivity index (χ0) is 15.4. The molecular weight excluding hydrogens is 280 g/mol. The van der Waals surface area contributed by atoms with Gasteiger partial charge in [-0.3, -0.25) is 9.48 Å². The summed E-state index contributed by atoms with van der Waals surface area (Å²) in [5, 5.41) is 16.0. The van der Waals surface area contributed by atoms with Crippen molar-refractivity contribution in [3.8, 4) is 6.07 Å². The third-order valence-electron chi connectivity index (χ3n) is 3.68. The first-order valence-corrected chi connectivity index (χ1v) is 7.19. The highest BCUT2D eigenvalue weighted by Gasteiger charge is 2.17. The van der Waals surface area contributed by atoms with Crippen molar-refractivity contribution in [1.29, 1.82) is 5.26 Å². The van der Waals surface area contributed by atoms with E-state index in [4.69, 9.17) is 10.00 Å². The van der Waals surface area contributed by atoms with Crippen LogP contribution in [0.25, 0.3) is 0 Å². The second kappa shape index (κ2) is 6.41. The third kappa shape index (κ3) is 3.15. The number of nitriles is 1. The van der Waals surface area contributed by atoms with Crippen LogP contribution >= 0.6 is 0 Å². The number of carbonyl (C=O) groups excluding carboxylic acids is 1. The number of rotatable bonds is 3. The Kier molecular flexibility index (Phi) is 4.17. The number of aromatic nitrogens is 2. The van der Waals surface area contributed by atoms with Crippen molar-refractivity contribution in [1.82, 2.24) is 9.78 Å². The van der Waals surface area contributed by atoms with Gasteiger partial charge in [-0.05, 0) is 31.0 Å². The van der Waals surface area contributed by atoms with E-state index >= 15 is 0 Å². The lowest BCUT2D eigenvalue weighted by atomic mass is 10.1. The van der Waals surface area contributed by atoms with Gasteiger partial charge in [0.1, 0.15) is 0 Å². The predicted octanol–water partition coefficient (Wildman–Crippen LogP) is 2.36. The van der Waals surface area contributed by atoms with E-state index in [1.807, 2.05) is 16.9 Å². The number of nitrogens with zero attached hydrogens (tertiary/aromatic N) is 3. The van der Waals surface area contributed by atoms with Gasteiger partial charge in [0.25, 0.3) is 5.91 Å². The van der Waals surface area contributed by atoms with E-state index < -0.39 is 0 Å². The monoisotopic (exact) mass is 296 g/mol. The van der Waals surface area contributed by atoms with E-state index in [1.165, 1.54) is 0 Å². The number of benzene rings is 1. The molecule has 1 saturated heterocycles. The molecule has 1 aliphatic rings. The summed E-state index contributed by atoms with van der Waals surface area (Å²) in [6.45, 7) is 1.49. The van der Waals surface area contributed by atoms with E-state index in [0.29, 0.717) is 22.9 Å². The molecule has 1 aromatic carbocycles. The zero-order valence-electron chi connectivity index (χ0n) is 12.0. The highest BCUT2D eigenvalue weighted by atomic mass is 16.5. The summed E-state index contributed by atoms with van der Waals surface area (Å²) >= 11 is 0. The summed E-state index contributed by atoms with van der Waals surface area (Å²) < 4.78 is 7.21. The number of ether oxygens (including phenoxy) is 1. The molecule has 22 heavy (non-hydrogen) atoms. The average Bonchev–Trinajstić information content (AvgIpc) is 3.04. The van der Waals surface area contributed by atoms with E-state index in [2.05, 4.69) is 10.4 Å². The number of nitrogens with one attached hydrogen (secondary N) is 1. The van der Waals surface area contributed by atoms with E-state index in [1.54, 1.807) is 30.5 Å². The maximum Gasteiger partial charge on any atom is 0.255 e. The average molecular weight is 296 g/mol. The Labute approximate surface area is 128 Å². The Morgan fingerprint density at radius 1 is 1.41 bits per heavy atom. The molecule has 0 radical (unpaired) electrons. The van der Waals surface area contributed by atoms with Crippen LogP contribution in [0.1, 0.15) is 34.8 Å².